The molecule has 2 aromatic carbocycles. The molecule has 0 fully saturated rings. The average molecular weight is 353 g/mol. The molecule has 0 spiro atoms. The Bertz CT molecular complexity index is 892. The van der Waals surface area contributed by atoms with Crippen LogP contribution in [0.5, 0.6) is 5.75 Å². The van der Waals surface area contributed by atoms with Gasteiger partial charge in [0.2, 0.25) is 0 Å². The number of aromatic nitrogens is 1. The van der Waals surface area contributed by atoms with Crippen molar-refractivity contribution in [3.63, 3.8) is 0 Å². The molecule has 1 heterocycles. The highest BCUT2D eigenvalue weighted by Crippen LogP contribution is 2.34. The number of fused-ring (bicyclic) bond motifs is 1. The minimum absolute atomic E-state index is 0.694. The summed E-state index contributed by atoms with van der Waals surface area (Å²) in [6.45, 7) is 4.00. The summed E-state index contributed by atoms with van der Waals surface area (Å²) in [5, 5.41) is 10.6. The van der Waals surface area contributed by atoms with Gasteiger partial charge < -0.3 is 9.30 Å². The smallest absolute Gasteiger partial charge is 0.120 e. The fourth-order valence-corrected chi connectivity index (χ4v) is 3.30. The van der Waals surface area contributed by atoms with Crippen LogP contribution in [0.4, 0.5) is 0 Å². The van der Waals surface area contributed by atoms with Crippen LogP contribution < -0.4 is 9.46 Å². The third-order valence-corrected chi connectivity index (χ3v) is 4.58. The second-order valence-corrected chi connectivity index (χ2v) is 6.19. The molecule has 1 N–H and O–H groups in total. The molecule has 0 aliphatic heterocycles. The number of nitrogens with zero attached hydrogens (tertiary/aromatic N) is 2. The number of nitriles is 1. The first-order chi connectivity index (χ1) is 12.2. The van der Waals surface area contributed by atoms with Gasteiger partial charge in [-0.2, -0.15) is 5.26 Å². The van der Waals surface area contributed by atoms with E-state index in [0.717, 1.165) is 32.8 Å². The first-order valence-corrected chi connectivity index (χ1v) is 9.01. The van der Waals surface area contributed by atoms with Crippen molar-refractivity contribution in [2.75, 3.05) is 14.2 Å². The van der Waals surface area contributed by atoms with Gasteiger partial charge in [-0.1, -0.05) is 26.0 Å². The summed E-state index contributed by atoms with van der Waals surface area (Å²) in [7, 11) is 5.52. The van der Waals surface area contributed by atoms with Crippen molar-refractivity contribution in [3.05, 3.63) is 48.0 Å². The van der Waals surface area contributed by atoms with Crippen LogP contribution in [0.25, 0.3) is 22.2 Å². The Kier molecular flexibility index (Phi) is 6.51. The number of nitrogens with one attached hydrogen (secondary N) is 1. The predicted octanol–water partition coefficient (Wildman–Crippen LogP) is 4.98. The van der Waals surface area contributed by atoms with Crippen LogP contribution in [0.2, 0.25) is 0 Å². The number of ether oxygens (including phenoxy) is 1. The lowest BCUT2D eigenvalue weighted by atomic mass is 10.1. The monoisotopic (exact) mass is 353 g/mol. The molecule has 0 amide bonds. The Morgan fingerprint density at radius 3 is 2.36 bits per heavy atom. The second-order valence-electron chi connectivity index (χ2n) is 5.11. The van der Waals surface area contributed by atoms with Crippen LogP contribution in [0.3, 0.4) is 0 Å². The van der Waals surface area contributed by atoms with E-state index in [1.54, 1.807) is 19.1 Å². The van der Waals surface area contributed by atoms with Crippen molar-refractivity contribution in [1.29, 1.82) is 5.26 Å². The highest BCUT2D eigenvalue weighted by Gasteiger charge is 2.17. The van der Waals surface area contributed by atoms with Crippen LogP contribution in [0.15, 0.2) is 47.4 Å². The van der Waals surface area contributed by atoms with Gasteiger partial charge in [-0.15, -0.1) is 0 Å². The van der Waals surface area contributed by atoms with Gasteiger partial charge in [0.15, 0.2) is 0 Å². The van der Waals surface area contributed by atoms with Gasteiger partial charge in [-0.3, -0.25) is 4.72 Å². The van der Waals surface area contributed by atoms with Crippen molar-refractivity contribution < 1.29 is 4.74 Å². The SMILES string of the molecule is CC.CNSc1ccc(-c2c(C#N)c3ccc(OC)cc3n2C)cc1. The second kappa shape index (κ2) is 8.61. The first-order valence-electron chi connectivity index (χ1n) is 8.20. The Labute approximate surface area is 153 Å². The van der Waals surface area contributed by atoms with Crippen LogP contribution in [0, 0.1) is 11.3 Å². The van der Waals surface area contributed by atoms with Crippen LogP contribution in [-0.2, 0) is 7.05 Å². The van der Waals surface area contributed by atoms with Crippen LogP contribution in [-0.4, -0.2) is 18.7 Å². The molecule has 25 heavy (non-hydrogen) atoms. The largest absolute Gasteiger partial charge is 0.497 e. The molecule has 0 bridgehead atoms. The molecule has 0 aliphatic carbocycles. The molecular weight excluding hydrogens is 330 g/mol. The maximum absolute atomic E-state index is 9.65. The summed E-state index contributed by atoms with van der Waals surface area (Å²) in [6.07, 6.45) is 0. The molecule has 0 unspecified atom stereocenters. The molecule has 4 nitrogen and oxygen atoms in total. The number of hydrogen-bond acceptors (Lipinski definition) is 4. The number of hydrogen-bond donors (Lipinski definition) is 1. The van der Waals surface area contributed by atoms with Gasteiger partial charge in [0.05, 0.1) is 23.9 Å². The van der Waals surface area contributed by atoms with Crippen molar-refractivity contribution >= 4 is 22.9 Å². The summed E-state index contributed by atoms with van der Waals surface area (Å²) >= 11 is 1.56. The molecule has 130 valence electrons. The molecule has 5 heteroatoms. The summed E-state index contributed by atoms with van der Waals surface area (Å²) in [5.74, 6) is 0.787. The number of aryl methyl sites for hydroxylation is 1. The fraction of sp³-hybridized carbons (Fsp3) is 0.250. The molecule has 0 saturated carbocycles. The summed E-state index contributed by atoms with van der Waals surface area (Å²) in [4.78, 5) is 1.13. The molecule has 3 rings (SSSR count). The zero-order valence-electron chi connectivity index (χ0n) is 15.3. The Morgan fingerprint density at radius 2 is 1.80 bits per heavy atom. The van der Waals surface area contributed by atoms with Crippen LogP contribution >= 0.6 is 11.9 Å². The lowest BCUT2D eigenvalue weighted by Gasteiger charge is -2.07. The van der Waals surface area contributed by atoms with Crippen LogP contribution in [0.1, 0.15) is 19.4 Å². The van der Waals surface area contributed by atoms with Crippen molar-refractivity contribution in [2.45, 2.75) is 18.7 Å². The topological polar surface area (TPSA) is 50.0 Å². The van der Waals surface area contributed by atoms with E-state index in [9.17, 15) is 5.26 Å². The van der Waals surface area contributed by atoms with Gasteiger partial charge in [-0.05, 0) is 48.8 Å². The maximum atomic E-state index is 9.65. The predicted molar refractivity (Wildman–Crippen MR) is 106 cm³/mol. The normalized spacial score (nSPS) is 10.1. The third kappa shape index (κ3) is 3.65. The molecule has 1 aromatic heterocycles. The van der Waals surface area contributed by atoms with E-state index in [2.05, 4.69) is 27.5 Å². The molecular formula is C20H23N3OS. The lowest BCUT2D eigenvalue weighted by molar-refractivity contribution is 0.415. The summed E-state index contributed by atoms with van der Waals surface area (Å²) < 4.78 is 10.4. The average Bonchev–Trinajstić information content (AvgIpc) is 2.95. The minimum atomic E-state index is 0.694. The standard InChI is InChI=1S/C18H17N3OS.C2H6/c1-20-23-14-7-4-12(5-8-14)18-16(11-19)15-9-6-13(22-3)10-17(15)21(18)2;1-2/h4-10,20H,1-3H3;1-2H3. The van der Waals surface area contributed by atoms with Crippen molar-refractivity contribution in [3.8, 4) is 23.1 Å². The van der Waals surface area contributed by atoms with E-state index in [4.69, 9.17) is 4.74 Å². The Hall–Kier alpha value is -2.42. The molecule has 3 aromatic rings. The summed E-state index contributed by atoms with van der Waals surface area (Å²) in [5.41, 5.74) is 3.64. The van der Waals surface area contributed by atoms with Gasteiger partial charge in [0.1, 0.15) is 11.8 Å². The third-order valence-electron chi connectivity index (χ3n) is 3.87. The zero-order chi connectivity index (χ0) is 18.4. The van der Waals surface area contributed by atoms with Crippen molar-refractivity contribution in [2.24, 2.45) is 7.05 Å². The van der Waals surface area contributed by atoms with Crippen molar-refractivity contribution in [1.82, 2.24) is 9.29 Å². The quantitative estimate of drug-likeness (QED) is 0.672. The number of rotatable bonds is 4. The molecule has 0 aliphatic rings. The minimum Gasteiger partial charge on any atom is -0.497 e. The highest BCUT2D eigenvalue weighted by atomic mass is 32.2. The maximum Gasteiger partial charge on any atom is 0.120 e. The van der Waals surface area contributed by atoms with E-state index in [1.807, 2.05) is 58.3 Å². The van der Waals surface area contributed by atoms with Gasteiger partial charge >= 0.3 is 0 Å². The van der Waals surface area contributed by atoms with Gasteiger partial charge in [0.25, 0.3) is 0 Å². The molecule has 0 saturated heterocycles. The molecule has 0 atom stereocenters. The number of benzene rings is 2. The van der Waals surface area contributed by atoms with Gasteiger partial charge in [-0.25, -0.2) is 0 Å². The van der Waals surface area contributed by atoms with Gasteiger partial charge in [0, 0.05) is 23.4 Å². The molecule has 0 radical (unpaired) electrons. The van der Waals surface area contributed by atoms with E-state index in [-0.39, 0.29) is 0 Å². The Balaban J connectivity index is 0.00000109. The van der Waals surface area contributed by atoms with E-state index in [1.165, 1.54) is 0 Å². The number of methoxy groups -OCH3 is 1. The first kappa shape index (κ1) is 18.9. The lowest BCUT2D eigenvalue weighted by Crippen LogP contribution is -1.94. The van der Waals surface area contributed by atoms with E-state index in [0.29, 0.717) is 5.56 Å². The zero-order valence-corrected chi connectivity index (χ0v) is 16.1. The van der Waals surface area contributed by atoms with E-state index < -0.39 is 0 Å². The van der Waals surface area contributed by atoms with E-state index >= 15 is 0 Å². The summed E-state index contributed by atoms with van der Waals surface area (Å²) in [6, 6.07) is 16.4. The Morgan fingerprint density at radius 1 is 1.12 bits per heavy atom. The highest BCUT2D eigenvalue weighted by molar-refractivity contribution is 7.97. The fourth-order valence-electron chi connectivity index (χ4n) is 2.79.